The molecule has 1 nitrogen and oxygen atoms in total. The van der Waals surface area contributed by atoms with Crippen molar-refractivity contribution in [3.05, 3.63) is 132 Å². The van der Waals surface area contributed by atoms with Crippen LogP contribution in [0, 0.1) is 0 Å². The molecule has 7 rings (SSSR count). The summed E-state index contributed by atoms with van der Waals surface area (Å²) >= 11 is 1.77. The van der Waals surface area contributed by atoms with Gasteiger partial charge in [0, 0.05) is 5.56 Å². The average Bonchev–Trinajstić information content (AvgIpc) is 2.98. The van der Waals surface area contributed by atoms with Gasteiger partial charge in [0.15, 0.2) is 0 Å². The second-order valence-electron chi connectivity index (χ2n) is 9.83. The average molecular weight is 507 g/mol. The Bertz CT molecular complexity index is 1910. The Morgan fingerprint density at radius 2 is 1.13 bits per heavy atom. The van der Waals surface area contributed by atoms with Gasteiger partial charge in [0.05, 0.1) is 9.79 Å². The molecule has 6 aromatic rings. The highest BCUT2D eigenvalue weighted by molar-refractivity contribution is 7.99. The molecule has 0 aromatic heterocycles. The maximum Gasteiger partial charge on any atom is 0.148 e. The molecule has 6 aromatic carbocycles. The molecule has 0 N–H and O–H groups in total. The maximum absolute atomic E-state index is 6.36. The van der Waals surface area contributed by atoms with Gasteiger partial charge < -0.3 is 4.74 Å². The third-order valence-electron chi connectivity index (χ3n) is 7.47. The van der Waals surface area contributed by atoms with E-state index < -0.39 is 0 Å². The molecular formula is C36H26OS. The highest BCUT2D eigenvalue weighted by Crippen LogP contribution is 2.49. The lowest BCUT2D eigenvalue weighted by molar-refractivity contribution is 0.453. The van der Waals surface area contributed by atoms with Crippen molar-refractivity contribution in [2.75, 3.05) is 0 Å². The number of ether oxygens (including phenoxy) is 1. The quantitative estimate of drug-likeness (QED) is 0.174. The fourth-order valence-corrected chi connectivity index (χ4v) is 6.43. The van der Waals surface area contributed by atoms with E-state index in [0.29, 0.717) is 0 Å². The van der Waals surface area contributed by atoms with Gasteiger partial charge in [0.2, 0.25) is 0 Å². The molecule has 38 heavy (non-hydrogen) atoms. The van der Waals surface area contributed by atoms with E-state index in [0.717, 1.165) is 26.9 Å². The van der Waals surface area contributed by atoms with E-state index in [1.54, 1.807) is 11.8 Å². The van der Waals surface area contributed by atoms with Crippen LogP contribution in [0.3, 0.4) is 0 Å². The summed E-state index contributed by atoms with van der Waals surface area (Å²) in [5.74, 6) is 1.87. The summed E-state index contributed by atoms with van der Waals surface area (Å²) in [7, 11) is 0. The molecule has 0 bridgehead atoms. The molecule has 0 spiro atoms. The summed E-state index contributed by atoms with van der Waals surface area (Å²) in [6.07, 6.45) is 4.44. The van der Waals surface area contributed by atoms with Crippen molar-refractivity contribution in [3.8, 4) is 11.5 Å². The van der Waals surface area contributed by atoms with Gasteiger partial charge in [-0.2, -0.15) is 0 Å². The van der Waals surface area contributed by atoms with E-state index in [2.05, 4.69) is 123 Å². The SMILES string of the molecule is C/C(=C\C=C(/C)c1cccc2c1Oc1ccccc1S2)c1ccc2c3ccccc3c3ccccc3c2c1. The standard InChI is InChI=1S/C36H26OS/c1-23(18-19-24(2)26-14-9-17-35-36(26)37-33-15-7-8-16-34(33)38-35)25-20-21-31-29-12-4-3-10-27(29)28-11-5-6-13-30(28)32(31)22-25/h3-22H,1-2H3/b23-18+,24-19+. The highest BCUT2D eigenvalue weighted by atomic mass is 32.2. The largest absolute Gasteiger partial charge is 0.454 e. The molecule has 1 aliphatic heterocycles. The minimum Gasteiger partial charge on any atom is -0.454 e. The predicted molar refractivity (Wildman–Crippen MR) is 163 cm³/mol. The zero-order valence-corrected chi connectivity index (χ0v) is 22.2. The van der Waals surface area contributed by atoms with Crippen molar-refractivity contribution in [1.29, 1.82) is 0 Å². The lowest BCUT2D eigenvalue weighted by atomic mass is 9.92. The number of rotatable bonds is 3. The molecular weight excluding hydrogens is 480 g/mol. The number of hydrogen-bond donors (Lipinski definition) is 0. The molecule has 182 valence electrons. The molecule has 0 atom stereocenters. The Hall–Kier alpha value is -4.27. The van der Waals surface area contributed by atoms with Crippen LogP contribution in [-0.2, 0) is 0 Å². The molecule has 0 fully saturated rings. The van der Waals surface area contributed by atoms with Crippen molar-refractivity contribution >= 4 is 55.2 Å². The first-order valence-electron chi connectivity index (χ1n) is 12.9. The monoisotopic (exact) mass is 506 g/mol. The van der Waals surface area contributed by atoms with E-state index in [9.17, 15) is 0 Å². The number of para-hydroxylation sites is 2. The lowest BCUT2D eigenvalue weighted by Gasteiger charge is -2.22. The van der Waals surface area contributed by atoms with Crippen LogP contribution < -0.4 is 4.74 Å². The fraction of sp³-hybridized carbons (Fsp3) is 0.0556. The lowest BCUT2D eigenvalue weighted by Crippen LogP contribution is -1.98. The van der Waals surface area contributed by atoms with Gasteiger partial charge in [0.1, 0.15) is 11.5 Å². The molecule has 0 radical (unpaired) electrons. The van der Waals surface area contributed by atoms with Gasteiger partial charge in [0.25, 0.3) is 0 Å². The Morgan fingerprint density at radius 3 is 1.87 bits per heavy atom. The second-order valence-corrected chi connectivity index (χ2v) is 10.9. The summed E-state index contributed by atoms with van der Waals surface area (Å²) in [5.41, 5.74) is 4.77. The molecule has 0 aliphatic carbocycles. The highest BCUT2D eigenvalue weighted by Gasteiger charge is 2.20. The normalized spacial score (nSPS) is 13.4. The van der Waals surface area contributed by atoms with Crippen LogP contribution in [0.2, 0.25) is 0 Å². The van der Waals surface area contributed by atoms with Crippen LogP contribution in [0.1, 0.15) is 25.0 Å². The third-order valence-corrected chi connectivity index (χ3v) is 8.57. The Balaban J connectivity index is 1.29. The zero-order valence-electron chi connectivity index (χ0n) is 21.4. The summed E-state index contributed by atoms with van der Waals surface area (Å²) in [6.45, 7) is 4.35. The molecule has 1 aliphatic rings. The van der Waals surface area contributed by atoms with Crippen molar-refractivity contribution in [3.63, 3.8) is 0 Å². The second kappa shape index (κ2) is 9.24. The molecule has 0 saturated heterocycles. The van der Waals surface area contributed by atoms with Crippen molar-refractivity contribution in [2.45, 2.75) is 23.6 Å². The topological polar surface area (TPSA) is 9.23 Å². The van der Waals surface area contributed by atoms with Crippen LogP contribution in [-0.4, -0.2) is 0 Å². The van der Waals surface area contributed by atoms with Crippen molar-refractivity contribution in [2.24, 2.45) is 0 Å². The summed E-state index contributed by atoms with van der Waals surface area (Å²) in [6, 6.07) is 39.0. The summed E-state index contributed by atoms with van der Waals surface area (Å²) < 4.78 is 6.36. The van der Waals surface area contributed by atoms with E-state index in [4.69, 9.17) is 4.74 Å². The maximum atomic E-state index is 6.36. The van der Waals surface area contributed by atoms with E-state index in [1.165, 1.54) is 49.0 Å². The molecule has 0 unspecified atom stereocenters. The van der Waals surface area contributed by atoms with Crippen molar-refractivity contribution < 1.29 is 4.74 Å². The Morgan fingerprint density at radius 1 is 0.553 bits per heavy atom. The number of fused-ring (bicyclic) bond motifs is 8. The van der Waals surface area contributed by atoms with Gasteiger partial charge in [-0.15, -0.1) is 0 Å². The number of allylic oxidation sites excluding steroid dienone is 4. The van der Waals surface area contributed by atoms with E-state index in [1.807, 2.05) is 12.1 Å². The van der Waals surface area contributed by atoms with Crippen LogP contribution in [0.5, 0.6) is 11.5 Å². The number of hydrogen-bond acceptors (Lipinski definition) is 2. The minimum absolute atomic E-state index is 0.924. The zero-order chi connectivity index (χ0) is 25.6. The number of benzene rings is 6. The third kappa shape index (κ3) is 3.81. The molecule has 1 heterocycles. The van der Waals surface area contributed by atoms with Crippen LogP contribution >= 0.6 is 11.8 Å². The first-order chi connectivity index (χ1) is 18.7. The van der Waals surface area contributed by atoms with Crippen LogP contribution in [0.25, 0.3) is 43.5 Å². The minimum atomic E-state index is 0.924. The Kier molecular flexibility index (Phi) is 5.56. The van der Waals surface area contributed by atoms with E-state index in [-0.39, 0.29) is 0 Å². The van der Waals surface area contributed by atoms with E-state index >= 15 is 0 Å². The van der Waals surface area contributed by atoms with Gasteiger partial charge in [-0.25, -0.2) is 0 Å². The van der Waals surface area contributed by atoms with Gasteiger partial charge >= 0.3 is 0 Å². The van der Waals surface area contributed by atoms with Crippen LogP contribution in [0.4, 0.5) is 0 Å². The Labute approximate surface area is 227 Å². The van der Waals surface area contributed by atoms with Gasteiger partial charge in [-0.1, -0.05) is 109 Å². The van der Waals surface area contributed by atoms with Crippen LogP contribution in [0.15, 0.2) is 131 Å². The smallest absolute Gasteiger partial charge is 0.148 e. The summed E-state index contributed by atoms with van der Waals surface area (Å²) in [5, 5.41) is 7.81. The first kappa shape index (κ1) is 22.9. The van der Waals surface area contributed by atoms with Crippen molar-refractivity contribution in [1.82, 2.24) is 0 Å². The molecule has 2 heteroatoms. The molecule has 0 amide bonds. The van der Waals surface area contributed by atoms with Gasteiger partial charge in [-0.05, 0) is 87.1 Å². The summed E-state index contributed by atoms with van der Waals surface area (Å²) in [4.78, 5) is 2.31. The first-order valence-corrected chi connectivity index (χ1v) is 13.8. The predicted octanol–water partition coefficient (Wildman–Crippen LogP) is 10.9. The molecule has 0 saturated carbocycles. The van der Waals surface area contributed by atoms with Gasteiger partial charge in [-0.3, -0.25) is 0 Å². The fourth-order valence-electron chi connectivity index (χ4n) is 5.45.